The number of nitrogens with one attached hydrogen (secondary N) is 1. The second kappa shape index (κ2) is 4.39. The first-order valence-corrected chi connectivity index (χ1v) is 5.44. The smallest absolute Gasteiger partial charge is 0.407 e. The van der Waals surface area contributed by atoms with E-state index in [1.165, 1.54) is 18.4 Å². The Bertz CT molecular complexity index is 352. The van der Waals surface area contributed by atoms with Gasteiger partial charge in [-0.2, -0.15) is 0 Å². The van der Waals surface area contributed by atoms with E-state index in [0.29, 0.717) is 6.61 Å². The molecular weight excluding hydrogens is 218 g/mol. The number of thiophene rings is 1. The van der Waals surface area contributed by atoms with Crippen LogP contribution in [0.15, 0.2) is 10.8 Å². The van der Waals surface area contributed by atoms with Crippen molar-refractivity contribution in [2.24, 2.45) is 0 Å². The topological polar surface area (TPSA) is 56.8 Å². The van der Waals surface area contributed by atoms with Crippen LogP contribution in [0.1, 0.15) is 0 Å². The quantitative estimate of drug-likeness (QED) is 0.829. The van der Waals surface area contributed by atoms with Crippen molar-refractivity contribution in [2.75, 3.05) is 20.3 Å². The fourth-order valence-corrected chi connectivity index (χ4v) is 1.86. The van der Waals surface area contributed by atoms with Gasteiger partial charge in [-0.3, -0.25) is 0 Å². The lowest BCUT2D eigenvalue weighted by Gasteiger charge is -2.23. The van der Waals surface area contributed by atoms with E-state index in [2.05, 4.69) is 5.32 Å². The molecule has 0 saturated carbocycles. The number of carbonyl (C=O) groups excluding carboxylic acids is 1. The van der Waals surface area contributed by atoms with E-state index in [1.54, 1.807) is 0 Å². The van der Waals surface area contributed by atoms with Gasteiger partial charge in [0.05, 0.1) is 0 Å². The van der Waals surface area contributed by atoms with Crippen LogP contribution < -0.4 is 14.8 Å². The van der Waals surface area contributed by atoms with Crippen molar-refractivity contribution in [3.63, 3.8) is 0 Å². The van der Waals surface area contributed by atoms with E-state index in [1.807, 2.05) is 10.8 Å². The SMILES string of the molecule is CNC(=O)OCC1COc2cscc2O1. The molecule has 0 fully saturated rings. The summed E-state index contributed by atoms with van der Waals surface area (Å²) in [7, 11) is 1.51. The zero-order valence-electron chi connectivity index (χ0n) is 8.19. The number of carbonyl (C=O) groups is 1. The van der Waals surface area contributed by atoms with Gasteiger partial charge >= 0.3 is 6.09 Å². The Hall–Kier alpha value is -1.43. The minimum atomic E-state index is -0.463. The number of alkyl carbamates (subject to hydrolysis) is 1. The van der Waals surface area contributed by atoms with Crippen LogP contribution in [0.4, 0.5) is 4.79 Å². The molecular formula is C9H11NO4S. The molecule has 0 bridgehead atoms. The van der Waals surface area contributed by atoms with Gasteiger partial charge in [-0.15, -0.1) is 11.3 Å². The van der Waals surface area contributed by atoms with Crippen molar-refractivity contribution in [1.29, 1.82) is 0 Å². The Morgan fingerprint density at radius 3 is 3.27 bits per heavy atom. The highest BCUT2D eigenvalue weighted by atomic mass is 32.1. The molecule has 2 rings (SSSR count). The molecule has 0 saturated heterocycles. The zero-order valence-corrected chi connectivity index (χ0v) is 9.00. The molecule has 0 aromatic carbocycles. The third-order valence-corrected chi connectivity index (χ3v) is 2.62. The minimum Gasteiger partial charge on any atom is -0.485 e. The number of ether oxygens (including phenoxy) is 3. The molecule has 1 amide bonds. The summed E-state index contributed by atoms with van der Waals surface area (Å²) < 4.78 is 15.8. The van der Waals surface area contributed by atoms with Crippen LogP contribution in [0, 0.1) is 0 Å². The van der Waals surface area contributed by atoms with Gasteiger partial charge in [-0.25, -0.2) is 4.79 Å². The predicted octanol–water partition coefficient (Wildman–Crippen LogP) is 1.24. The van der Waals surface area contributed by atoms with Gasteiger partial charge in [-0.1, -0.05) is 0 Å². The molecule has 0 radical (unpaired) electrons. The van der Waals surface area contributed by atoms with E-state index in [9.17, 15) is 4.79 Å². The van der Waals surface area contributed by atoms with Gasteiger partial charge in [0.2, 0.25) is 0 Å². The first-order chi connectivity index (χ1) is 7.29. The molecule has 1 aromatic rings. The predicted molar refractivity (Wildman–Crippen MR) is 54.6 cm³/mol. The fraction of sp³-hybridized carbons (Fsp3) is 0.444. The molecule has 5 nitrogen and oxygen atoms in total. The number of fused-ring (bicyclic) bond motifs is 1. The summed E-state index contributed by atoms with van der Waals surface area (Å²) in [6, 6.07) is 0. The molecule has 1 aliphatic rings. The second-order valence-electron chi connectivity index (χ2n) is 3.00. The Kier molecular flexibility index (Phi) is 2.96. The Labute approximate surface area is 90.9 Å². The summed E-state index contributed by atoms with van der Waals surface area (Å²) in [6.45, 7) is 0.593. The molecule has 1 unspecified atom stereocenters. The van der Waals surface area contributed by atoms with Gasteiger partial charge in [0, 0.05) is 17.8 Å². The van der Waals surface area contributed by atoms with E-state index in [4.69, 9.17) is 14.2 Å². The zero-order chi connectivity index (χ0) is 10.7. The van der Waals surface area contributed by atoms with Crippen LogP contribution >= 0.6 is 11.3 Å². The highest BCUT2D eigenvalue weighted by Crippen LogP contribution is 2.35. The highest BCUT2D eigenvalue weighted by Gasteiger charge is 2.22. The van der Waals surface area contributed by atoms with Crippen molar-refractivity contribution >= 4 is 17.4 Å². The van der Waals surface area contributed by atoms with E-state index < -0.39 is 6.09 Å². The van der Waals surface area contributed by atoms with Crippen LogP contribution in [-0.4, -0.2) is 32.5 Å². The standard InChI is InChI=1S/C9H11NO4S/c1-10-9(11)13-3-6-2-12-7-4-15-5-8(7)14-6/h4-6H,2-3H2,1H3,(H,10,11). The average molecular weight is 229 g/mol. The number of rotatable bonds is 2. The molecule has 0 spiro atoms. The van der Waals surface area contributed by atoms with Crippen molar-refractivity contribution < 1.29 is 19.0 Å². The fourth-order valence-electron chi connectivity index (χ4n) is 1.18. The number of hydrogen-bond donors (Lipinski definition) is 1. The van der Waals surface area contributed by atoms with Crippen LogP contribution in [0.2, 0.25) is 0 Å². The molecule has 15 heavy (non-hydrogen) atoms. The van der Waals surface area contributed by atoms with Crippen LogP contribution in [0.3, 0.4) is 0 Å². The molecule has 82 valence electrons. The van der Waals surface area contributed by atoms with Gasteiger partial charge in [-0.05, 0) is 0 Å². The first kappa shape index (κ1) is 10.1. The molecule has 1 atom stereocenters. The second-order valence-corrected chi connectivity index (χ2v) is 3.74. The van der Waals surface area contributed by atoms with Crippen LogP contribution in [-0.2, 0) is 4.74 Å². The van der Waals surface area contributed by atoms with Crippen molar-refractivity contribution in [3.05, 3.63) is 10.8 Å². The summed E-state index contributed by atoms with van der Waals surface area (Å²) in [6.07, 6.45) is -0.695. The third kappa shape index (κ3) is 2.33. The minimum absolute atomic E-state index is 0.189. The van der Waals surface area contributed by atoms with E-state index in [-0.39, 0.29) is 12.7 Å². The molecule has 1 N–H and O–H groups in total. The maximum atomic E-state index is 10.8. The Balaban J connectivity index is 1.85. The summed E-state index contributed by atoms with van der Waals surface area (Å²) in [4.78, 5) is 10.8. The summed E-state index contributed by atoms with van der Waals surface area (Å²) in [5.74, 6) is 1.48. The third-order valence-electron chi connectivity index (χ3n) is 1.92. The van der Waals surface area contributed by atoms with Crippen LogP contribution in [0.5, 0.6) is 11.5 Å². The van der Waals surface area contributed by atoms with Crippen LogP contribution in [0.25, 0.3) is 0 Å². The maximum absolute atomic E-state index is 10.8. The van der Waals surface area contributed by atoms with Crippen molar-refractivity contribution in [3.8, 4) is 11.5 Å². The van der Waals surface area contributed by atoms with Crippen molar-refractivity contribution in [1.82, 2.24) is 5.32 Å². The van der Waals surface area contributed by atoms with Crippen molar-refractivity contribution in [2.45, 2.75) is 6.10 Å². The molecule has 1 aliphatic heterocycles. The average Bonchev–Trinajstić information content (AvgIpc) is 2.72. The molecule has 0 aliphatic carbocycles. The van der Waals surface area contributed by atoms with Gasteiger partial charge in [0.1, 0.15) is 13.2 Å². The van der Waals surface area contributed by atoms with E-state index in [0.717, 1.165) is 11.5 Å². The highest BCUT2D eigenvalue weighted by molar-refractivity contribution is 7.08. The lowest BCUT2D eigenvalue weighted by atomic mass is 10.3. The molecule has 2 heterocycles. The first-order valence-electron chi connectivity index (χ1n) is 4.49. The monoisotopic (exact) mass is 229 g/mol. The van der Waals surface area contributed by atoms with Gasteiger partial charge in [0.15, 0.2) is 17.6 Å². The maximum Gasteiger partial charge on any atom is 0.407 e. The molecule has 1 aromatic heterocycles. The number of amides is 1. The lowest BCUT2D eigenvalue weighted by Crippen LogP contribution is -2.35. The Morgan fingerprint density at radius 2 is 2.47 bits per heavy atom. The normalized spacial score (nSPS) is 18.3. The summed E-state index contributed by atoms with van der Waals surface area (Å²) >= 11 is 1.52. The van der Waals surface area contributed by atoms with Gasteiger partial charge in [0.25, 0.3) is 0 Å². The van der Waals surface area contributed by atoms with E-state index >= 15 is 0 Å². The summed E-state index contributed by atoms with van der Waals surface area (Å²) in [5.41, 5.74) is 0. The Morgan fingerprint density at radius 1 is 1.67 bits per heavy atom. The largest absolute Gasteiger partial charge is 0.485 e. The van der Waals surface area contributed by atoms with Gasteiger partial charge < -0.3 is 19.5 Å². The lowest BCUT2D eigenvalue weighted by molar-refractivity contribution is 0.0348. The number of hydrogen-bond acceptors (Lipinski definition) is 5. The summed E-state index contributed by atoms with van der Waals surface area (Å²) in [5, 5.41) is 6.11. The molecule has 6 heteroatoms.